The second kappa shape index (κ2) is 5.93. The molecule has 3 heteroatoms. The van der Waals surface area contributed by atoms with E-state index in [4.69, 9.17) is 5.73 Å². The van der Waals surface area contributed by atoms with Crippen molar-refractivity contribution in [2.45, 2.75) is 19.3 Å². The zero-order valence-corrected chi connectivity index (χ0v) is 10.9. The van der Waals surface area contributed by atoms with E-state index in [1.54, 1.807) is 0 Å². The molecule has 0 aliphatic rings. The summed E-state index contributed by atoms with van der Waals surface area (Å²) in [6.07, 6.45) is 0.278. The topological polar surface area (TPSA) is 26.0 Å². The Morgan fingerprint density at radius 2 is 1.63 bits per heavy atom. The number of aryl methyl sites for hydroxylation is 1. The third-order valence-corrected chi connectivity index (χ3v) is 3.43. The van der Waals surface area contributed by atoms with E-state index in [9.17, 15) is 8.78 Å². The van der Waals surface area contributed by atoms with E-state index in [0.29, 0.717) is 6.54 Å². The summed E-state index contributed by atoms with van der Waals surface area (Å²) in [4.78, 5) is 0. The number of hydrogen-bond acceptors (Lipinski definition) is 1. The van der Waals surface area contributed by atoms with Gasteiger partial charge in [0.1, 0.15) is 11.6 Å². The van der Waals surface area contributed by atoms with Gasteiger partial charge in [-0.05, 0) is 43.1 Å². The van der Waals surface area contributed by atoms with Crippen LogP contribution in [0, 0.1) is 18.6 Å². The molecule has 0 saturated carbocycles. The highest BCUT2D eigenvalue weighted by atomic mass is 19.1. The fourth-order valence-corrected chi connectivity index (χ4v) is 2.34. The molecule has 100 valence electrons. The average Bonchev–Trinajstić information content (AvgIpc) is 2.40. The van der Waals surface area contributed by atoms with Gasteiger partial charge in [-0.3, -0.25) is 0 Å². The number of benzene rings is 2. The summed E-state index contributed by atoms with van der Waals surface area (Å²) < 4.78 is 27.4. The number of halogens is 2. The molecule has 0 aromatic heterocycles. The fourth-order valence-electron chi connectivity index (χ4n) is 2.34. The summed E-state index contributed by atoms with van der Waals surface area (Å²) in [5, 5.41) is 0. The molecule has 0 saturated heterocycles. The van der Waals surface area contributed by atoms with Gasteiger partial charge in [0.15, 0.2) is 0 Å². The summed E-state index contributed by atoms with van der Waals surface area (Å²) in [7, 11) is 0. The molecule has 0 amide bonds. The van der Waals surface area contributed by atoms with Crippen LogP contribution in [0.15, 0.2) is 42.5 Å². The van der Waals surface area contributed by atoms with E-state index in [1.807, 2.05) is 31.2 Å². The van der Waals surface area contributed by atoms with Gasteiger partial charge >= 0.3 is 0 Å². The molecule has 0 spiro atoms. The first-order chi connectivity index (χ1) is 9.13. The molecule has 2 N–H and O–H groups in total. The van der Waals surface area contributed by atoms with Crippen LogP contribution in [0.4, 0.5) is 8.78 Å². The molecule has 0 radical (unpaired) electrons. The van der Waals surface area contributed by atoms with Crippen molar-refractivity contribution in [2.24, 2.45) is 5.73 Å². The first-order valence-electron chi connectivity index (χ1n) is 6.32. The largest absolute Gasteiger partial charge is 0.330 e. The second-order valence-electron chi connectivity index (χ2n) is 4.69. The Kier molecular flexibility index (Phi) is 4.27. The van der Waals surface area contributed by atoms with Crippen LogP contribution in [-0.2, 0) is 6.42 Å². The van der Waals surface area contributed by atoms with Crippen molar-refractivity contribution in [1.82, 2.24) is 0 Å². The molecule has 0 aliphatic carbocycles. The molecule has 1 atom stereocenters. The Morgan fingerprint density at radius 1 is 1.00 bits per heavy atom. The van der Waals surface area contributed by atoms with Gasteiger partial charge in [0.2, 0.25) is 0 Å². The van der Waals surface area contributed by atoms with Crippen molar-refractivity contribution in [1.29, 1.82) is 0 Å². The molecule has 19 heavy (non-hydrogen) atoms. The molecule has 2 aromatic rings. The SMILES string of the molecule is Cc1ccccc1C(CN)Cc1c(F)cccc1F. The van der Waals surface area contributed by atoms with E-state index < -0.39 is 11.6 Å². The first-order valence-corrected chi connectivity index (χ1v) is 6.32. The Morgan fingerprint density at radius 3 is 2.21 bits per heavy atom. The van der Waals surface area contributed by atoms with Gasteiger partial charge < -0.3 is 5.73 Å². The molecule has 0 aliphatic heterocycles. The normalized spacial score (nSPS) is 12.4. The van der Waals surface area contributed by atoms with Gasteiger partial charge in [0, 0.05) is 11.5 Å². The lowest BCUT2D eigenvalue weighted by molar-refractivity contribution is 0.537. The Hall–Kier alpha value is -1.74. The predicted octanol–water partition coefficient (Wildman–Crippen LogP) is 3.56. The summed E-state index contributed by atoms with van der Waals surface area (Å²) in [5.41, 5.74) is 8.03. The highest BCUT2D eigenvalue weighted by Gasteiger charge is 2.17. The van der Waals surface area contributed by atoms with E-state index in [2.05, 4.69) is 0 Å². The van der Waals surface area contributed by atoms with Crippen molar-refractivity contribution in [3.63, 3.8) is 0 Å². The molecule has 1 nitrogen and oxygen atoms in total. The predicted molar refractivity (Wildman–Crippen MR) is 73.0 cm³/mol. The molecule has 0 bridgehead atoms. The summed E-state index contributed by atoms with van der Waals surface area (Å²) in [6, 6.07) is 11.7. The van der Waals surface area contributed by atoms with Gasteiger partial charge in [-0.1, -0.05) is 30.3 Å². The maximum atomic E-state index is 13.7. The lowest BCUT2D eigenvalue weighted by Crippen LogP contribution is -2.17. The van der Waals surface area contributed by atoms with Crippen LogP contribution in [0.5, 0.6) is 0 Å². The summed E-state index contributed by atoms with van der Waals surface area (Å²) in [6.45, 7) is 2.34. The van der Waals surface area contributed by atoms with E-state index in [0.717, 1.165) is 11.1 Å². The van der Waals surface area contributed by atoms with Crippen LogP contribution < -0.4 is 5.73 Å². The highest BCUT2D eigenvalue weighted by Crippen LogP contribution is 2.25. The zero-order valence-electron chi connectivity index (χ0n) is 10.9. The highest BCUT2D eigenvalue weighted by molar-refractivity contribution is 5.32. The maximum Gasteiger partial charge on any atom is 0.129 e. The lowest BCUT2D eigenvalue weighted by atomic mass is 9.89. The third kappa shape index (κ3) is 2.99. The molecule has 2 aromatic carbocycles. The maximum absolute atomic E-state index is 13.7. The van der Waals surface area contributed by atoms with Crippen molar-refractivity contribution in [3.8, 4) is 0 Å². The van der Waals surface area contributed by atoms with Gasteiger partial charge in [0.25, 0.3) is 0 Å². The van der Waals surface area contributed by atoms with Crippen LogP contribution in [0.2, 0.25) is 0 Å². The van der Waals surface area contributed by atoms with Crippen LogP contribution in [-0.4, -0.2) is 6.54 Å². The summed E-state index contributed by atoms with van der Waals surface area (Å²) >= 11 is 0. The molecular weight excluding hydrogens is 244 g/mol. The van der Waals surface area contributed by atoms with Crippen LogP contribution in [0.1, 0.15) is 22.6 Å². The molecule has 1 unspecified atom stereocenters. The van der Waals surface area contributed by atoms with Crippen LogP contribution >= 0.6 is 0 Å². The zero-order chi connectivity index (χ0) is 13.8. The Labute approximate surface area is 112 Å². The van der Waals surface area contributed by atoms with Crippen molar-refractivity contribution in [3.05, 3.63) is 70.8 Å². The summed E-state index contributed by atoms with van der Waals surface area (Å²) in [5.74, 6) is -1.09. The smallest absolute Gasteiger partial charge is 0.129 e. The van der Waals surface area contributed by atoms with Gasteiger partial charge in [-0.2, -0.15) is 0 Å². The minimum atomic E-state index is -0.507. The standard InChI is InChI=1S/C16H17F2N/c1-11-5-2-3-6-13(11)12(10-19)9-14-15(17)7-4-8-16(14)18/h2-8,12H,9-10,19H2,1H3. The van der Waals surface area contributed by atoms with Crippen molar-refractivity contribution >= 4 is 0 Å². The average molecular weight is 261 g/mol. The minimum absolute atomic E-state index is 0.0763. The number of nitrogens with two attached hydrogens (primary N) is 1. The van der Waals surface area contributed by atoms with Crippen LogP contribution in [0.3, 0.4) is 0 Å². The number of rotatable bonds is 4. The van der Waals surface area contributed by atoms with Crippen molar-refractivity contribution in [2.75, 3.05) is 6.54 Å². The number of hydrogen-bond donors (Lipinski definition) is 1. The van der Waals surface area contributed by atoms with E-state index in [1.165, 1.54) is 18.2 Å². The van der Waals surface area contributed by atoms with E-state index >= 15 is 0 Å². The third-order valence-electron chi connectivity index (χ3n) is 3.43. The first kappa shape index (κ1) is 13.7. The monoisotopic (exact) mass is 261 g/mol. The quantitative estimate of drug-likeness (QED) is 0.894. The van der Waals surface area contributed by atoms with Crippen LogP contribution in [0.25, 0.3) is 0 Å². The Balaban J connectivity index is 2.32. The molecule has 2 rings (SSSR count). The minimum Gasteiger partial charge on any atom is -0.330 e. The van der Waals surface area contributed by atoms with Gasteiger partial charge in [-0.25, -0.2) is 8.78 Å². The Bertz CT molecular complexity index is 546. The fraction of sp³-hybridized carbons (Fsp3) is 0.250. The van der Waals surface area contributed by atoms with Gasteiger partial charge in [0.05, 0.1) is 0 Å². The molecule has 0 fully saturated rings. The van der Waals surface area contributed by atoms with Gasteiger partial charge in [-0.15, -0.1) is 0 Å². The van der Waals surface area contributed by atoms with E-state index in [-0.39, 0.29) is 17.9 Å². The molecular formula is C16H17F2N. The second-order valence-corrected chi connectivity index (χ2v) is 4.69. The molecule has 0 heterocycles. The van der Waals surface area contributed by atoms with Crippen molar-refractivity contribution < 1.29 is 8.78 Å². The lowest BCUT2D eigenvalue weighted by Gasteiger charge is -2.18.